The van der Waals surface area contributed by atoms with Crippen LogP contribution >= 0.6 is 15.6 Å². The Bertz CT molecular complexity index is 1970. The third-order valence-electron chi connectivity index (χ3n) is 17.1. The lowest BCUT2D eigenvalue weighted by Crippen LogP contribution is -2.30. The fourth-order valence-electron chi connectivity index (χ4n) is 11.0. The number of hydrogen-bond donors (Lipinski definition) is 3. The number of aliphatic hydroxyl groups excluding tert-OH is 1. The molecule has 0 spiro atoms. The van der Waals surface area contributed by atoms with E-state index in [1.54, 1.807) is 0 Å². The van der Waals surface area contributed by atoms with Crippen LogP contribution in [0.25, 0.3) is 0 Å². The van der Waals surface area contributed by atoms with E-state index in [1.165, 1.54) is 161 Å². The number of allylic oxidation sites excluding steroid dienone is 6. The Kier molecular flexibility index (Phi) is 68.7. The second-order valence-corrected chi connectivity index (χ2v) is 29.6. The van der Waals surface area contributed by atoms with Gasteiger partial charge in [-0.15, -0.1) is 0 Å². The SMILES string of the molecule is CCCCCC/C=C\CCCCCCCC(=O)O[C@H](COC(=O)CCCCCCCCCCCCCCC)COP(=O)(O)OC[C@H](O)COP(=O)(O)OC[C@@H](COC(=O)CCCCCCC/C=C\CCCCCCCC)OC(=O)CCCCCCC/C=C\CCCCCCCC. The van der Waals surface area contributed by atoms with Crippen molar-refractivity contribution in [1.29, 1.82) is 0 Å². The summed E-state index contributed by atoms with van der Waals surface area (Å²) in [5.41, 5.74) is 0. The van der Waals surface area contributed by atoms with Gasteiger partial charge in [0.05, 0.1) is 26.4 Å². The van der Waals surface area contributed by atoms with Crippen LogP contribution in [-0.2, 0) is 65.4 Å². The van der Waals surface area contributed by atoms with Crippen LogP contribution in [-0.4, -0.2) is 96.7 Å². The number of carbonyl (C=O) groups excluding carboxylic acids is 4. The molecule has 564 valence electrons. The molecule has 0 radical (unpaired) electrons. The van der Waals surface area contributed by atoms with Crippen LogP contribution in [0.4, 0.5) is 0 Å². The van der Waals surface area contributed by atoms with E-state index >= 15 is 0 Å². The average molecular weight is 1400 g/mol. The molecule has 0 heterocycles. The van der Waals surface area contributed by atoms with E-state index in [-0.39, 0.29) is 25.7 Å². The molecule has 5 atom stereocenters. The van der Waals surface area contributed by atoms with Crippen molar-refractivity contribution in [2.75, 3.05) is 39.6 Å². The van der Waals surface area contributed by atoms with Crippen LogP contribution in [0, 0.1) is 0 Å². The summed E-state index contributed by atoms with van der Waals surface area (Å²) in [7, 11) is -9.93. The second-order valence-electron chi connectivity index (χ2n) is 26.7. The van der Waals surface area contributed by atoms with Crippen molar-refractivity contribution in [2.45, 2.75) is 393 Å². The number of carbonyl (C=O) groups is 4. The van der Waals surface area contributed by atoms with E-state index in [4.69, 9.17) is 37.0 Å². The molecule has 0 aliphatic rings. The van der Waals surface area contributed by atoms with E-state index in [0.717, 1.165) is 135 Å². The predicted molar refractivity (Wildman–Crippen MR) is 391 cm³/mol. The summed E-state index contributed by atoms with van der Waals surface area (Å²) >= 11 is 0. The highest BCUT2D eigenvalue weighted by Gasteiger charge is 2.30. The van der Waals surface area contributed by atoms with Crippen LogP contribution in [0.2, 0.25) is 0 Å². The van der Waals surface area contributed by atoms with Gasteiger partial charge in [0.15, 0.2) is 12.2 Å². The van der Waals surface area contributed by atoms with Gasteiger partial charge in [-0.3, -0.25) is 37.3 Å². The first-order valence-corrected chi connectivity index (χ1v) is 42.2. The molecule has 0 aromatic rings. The molecule has 0 aliphatic heterocycles. The summed E-state index contributed by atoms with van der Waals surface area (Å²) in [5.74, 6) is -2.16. The number of ether oxygens (including phenoxy) is 4. The lowest BCUT2D eigenvalue weighted by atomic mass is 10.0. The van der Waals surface area contributed by atoms with Crippen molar-refractivity contribution in [3.8, 4) is 0 Å². The van der Waals surface area contributed by atoms with Crippen LogP contribution in [0.5, 0.6) is 0 Å². The highest BCUT2D eigenvalue weighted by Crippen LogP contribution is 2.45. The van der Waals surface area contributed by atoms with Crippen molar-refractivity contribution >= 4 is 39.5 Å². The molecule has 0 aromatic heterocycles. The van der Waals surface area contributed by atoms with Gasteiger partial charge in [-0.2, -0.15) is 0 Å². The summed E-state index contributed by atoms with van der Waals surface area (Å²) in [6.45, 7) is 4.90. The number of esters is 4. The first-order valence-electron chi connectivity index (χ1n) is 39.2. The molecule has 19 heteroatoms. The minimum absolute atomic E-state index is 0.0896. The van der Waals surface area contributed by atoms with Gasteiger partial charge in [-0.1, -0.05) is 282 Å². The molecule has 96 heavy (non-hydrogen) atoms. The van der Waals surface area contributed by atoms with Crippen molar-refractivity contribution in [2.24, 2.45) is 0 Å². The van der Waals surface area contributed by atoms with Gasteiger partial charge >= 0.3 is 39.5 Å². The normalized spacial score (nSPS) is 14.1. The van der Waals surface area contributed by atoms with E-state index in [2.05, 4.69) is 64.2 Å². The standard InChI is InChI=1S/C77H144O17P2/c1-5-9-13-17-21-25-29-33-35-39-42-46-50-54-58-62-75(80)88-68-73(94-77(82)64-60-56-52-48-44-40-36-34-30-26-22-18-14-10-6-2)70-92-96(85,86)90-66-71(78)65-89-95(83,84)91-69-72(93-76(81)63-59-55-51-47-43-38-32-28-24-20-16-12-8-4)67-87-74(79)61-57-53-49-45-41-37-31-27-23-19-15-11-7-3/h28,32-36,71-73,78H,5-27,29-31,37-70H2,1-4H3,(H,83,84)(H,85,86)/b32-28-,35-33-,36-34-/t71-,72+,73+/m0/s1. The quantitative estimate of drug-likeness (QED) is 0.0169. The van der Waals surface area contributed by atoms with Gasteiger partial charge in [-0.25, -0.2) is 9.13 Å². The zero-order valence-electron chi connectivity index (χ0n) is 61.6. The van der Waals surface area contributed by atoms with Crippen LogP contribution in [0.1, 0.15) is 374 Å². The Balaban J connectivity index is 5.31. The maximum absolute atomic E-state index is 13.1. The summed E-state index contributed by atoms with van der Waals surface area (Å²) in [5, 5.41) is 10.6. The van der Waals surface area contributed by atoms with Gasteiger partial charge < -0.3 is 33.8 Å². The van der Waals surface area contributed by atoms with Gasteiger partial charge in [0.25, 0.3) is 0 Å². The van der Waals surface area contributed by atoms with E-state index in [9.17, 15) is 43.2 Å². The molecule has 0 amide bonds. The Morgan fingerprint density at radius 1 is 0.281 bits per heavy atom. The third-order valence-corrected chi connectivity index (χ3v) is 19.0. The Morgan fingerprint density at radius 2 is 0.479 bits per heavy atom. The first-order chi connectivity index (χ1) is 46.7. The zero-order valence-corrected chi connectivity index (χ0v) is 63.4. The molecule has 0 bridgehead atoms. The summed E-state index contributed by atoms with van der Waals surface area (Å²) in [6.07, 6.45) is 65.5. The number of phosphoric acid groups is 2. The maximum Gasteiger partial charge on any atom is 0.472 e. The van der Waals surface area contributed by atoms with Crippen LogP contribution in [0.3, 0.4) is 0 Å². The minimum Gasteiger partial charge on any atom is -0.462 e. The molecular weight excluding hydrogens is 1260 g/mol. The lowest BCUT2D eigenvalue weighted by Gasteiger charge is -2.21. The van der Waals surface area contributed by atoms with Crippen molar-refractivity contribution in [3.05, 3.63) is 36.5 Å². The molecule has 17 nitrogen and oxygen atoms in total. The summed E-state index contributed by atoms with van der Waals surface area (Å²) in [4.78, 5) is 72.8. The van der Waals surface area contributed by atoms with Gasteiger partial charge in [0, 0.05) is 25.7 Å². The zero-order chi connectivity index (χ0) is 70.4. The number of phosphoric ester groups is 2. The molecule has 0 fully saturated rings. The Hall–Kier alpha value is -2.72. The largest absolute Gasteiger partial charge is 0.472 e. The van der Waals surface area contributed by atoms with Crippen molar-refractivity contribution in [3.63, 3.8) is 0 Å². The fourth-order valence-corrected chi connectivity index (χ4v) is 12.6. The second kappa shape index (κ2) is 70.7. The molecular formula is C77H144O17P2. The van der Waals surface area contributed by atoms with Crippen LogP contribution in [0.15, 0.2) is 36.5 Å². The molecule has 0 aromatic carbocycles. The minimum atomic E-state index is -4.97. The number of hydrogen-bond acceptors (Lipinski definition) is 15. The highest BCUT2D eigenvalue weighted by atomic mass is 31.2. The van der Waals surface area contributed by atoms with E-state index in [1.807, 2.05) is 0 Å². The summed E-state index contributed by atoms with van der Waals surface area (Å²) < 4.78 is 68.5. The first kappa shape index (κ1) is 93.3. The lowest BCUT2D eigenvalue weighted by molar-refractivity contribution is -0.161. The van der Waals surface area contributed by atoms with Gasteiger partial charge in [0.1, 0.15) is 19.3 Å². The maximum atomic E-state index is 13.1. The number of rotatable bonds is 75. The van der Waals surface area contributed by atoms with Crippen molar-refractivity contribution in [1.82, 2.24) is 0 Å². The smallest absolute Gasteiger partial charge is 0.462 e. The predicted octanol–water partition coefficient (Wildman–Crippen LogP) is 22.3. The Labute approximate surface area is 585 Å². The van der Waals surface area contributed by atoms with Gasteiger partial charge in [-0.05, 0) is 103 Å². The van der Waals surface area contributed by atoms with E-state index in [0.29, 0.717) is 25.7 Å². The topological polar surface area (TPSA) is 237 Å². The molecule has 2 unspecified atom stereocenters. The molecule has 0 saturated heterocycles. The highest BCUT2D eigenvalue weighted by molar-refractivity contribution is 7.47. The van der Waals surface area contributed by atoms with E-state index < -0.39 is 97.5 Å². The average Bonchev–Trinajstić information content (AvgIpc) is 1.49. The number of unbranched alkanes of at least 4 members (excludes halogenated alkanes) is 43. The fraction of sp³-hybridized carbons (Fsp3) is 0.870. The third kappa shape index (κ3) is 69.7. The van der Waals surface area contributed by atoms with Crippen LogP contribution < -0.4 is 0 Å². The Morgan fingerprint density at radius 3 is 0.729 bits per heavy atom. The van der Waals surface area contributed by atoms with Gasteiger partial charge in [0.2, 0.25) is 0 Å². The van der Waals surface area contributed by atoms with Crippen molar-refractivity contribution < 1.29 is 80.2 Å². The molecule has 0 saturated carbocycles. The monoisotopic (exact) mass is 1400 g/mol. The molecule has 3 N–H and O–H groups in total. The summed E-state index contributed by atoms with van der Waals surface area (Å²) in [6, 6.07) is 0. The number of aliphatic hydroxyl groups is 1. The molecule has 0 rings (SSSR count). The molecule has 0 aliphatic carbocycles.